The van der Waals surface area contributed by atoms with Gasteiger partial charge in [0.25, 0.3) is 0 Å². The van der Waals surface area contributed by atoms with Gasteiger partial charge in [-0.2, -0.15) is 0 Å². The van der Waals surface area contributed by atoms with Gasteiger partial charge in [-0.15, -0.1) is 0 Å². The number of hydrogen-bond donors (Lipinski definition) is 1. The van der Waals surface area contributed by atoms with Crippen LogP contribution < -0.4 is 5.32 Å². The lowest BCUT2D eigenvalue weighted by molar-refractivity contribution is 0.407. The fourth-order valence-electron chi connectivity index (χ4n) is 2.86. The van der Waals surface area contributed by atoms with Crippen LogP contribution >= 0.6 is 0 Å². The van der Waals surface area contributed by atoms with Crippen LogP contribution in [0, 0.1) is 5.92 Å². The first-order valence-corrected chi connectivity index (χ1v) is 7.40. The zero-order chi connectivity index (χ0) is 13.7. The summed E-state index contributed by atoms with van der Waals surface area (Å²) in [6.45, 7) is 4.62. The van der Waals surface area contributed by atoms with Gasteiger partial charge in [0, 0.05) is 6.04 Å². The third kappa shape index (κ3) is 3.57. The Kier molecular flexibility index (Phi) is 4.98. The van der Waals surface area contributed by atoms with E-state index < -0.39 is 0 Å². The number of hydrogen-bond acceptors (Lipinski definition) is 1. The smallest absolute Gasteiger partial charge is 0.0320 e. The molecule has 0 amide bonds. The van der Waals surface area contributed by atoms with Crippen molar-refractivity contribution in [1.82, 2.24) is 5.32 Å². The molecule has 102 valence electrons. The molecule has 2 aromatic rings. The molecular formula is C18H25N. The summed E-state index contributed by atoms with van der Waals surface area (Å²) in [5.41, 5.74) is 1.41. The topological polar surface area (TPSA) is 12.0 Å². The van der Waals surface area contributed by atoms with Crippen molar-refractivity contribution < 1.29 is 0 Å². The predicted molar refractivity (Wildman–Crippen MR) is 84.4 cm³/mol. The third-order valence-electron chi connectivity index (χ3n) is 3.94. The highest BCUT2D eigenvalue weighted by Crippen LogP contribution is 2.26. The number of rotatable bonds is 6. The summed E-state index contributed by atoms with van der Waals surface area (Å²) >= 11 is 0. The van der Waals surface area contributed by atoms with Crippen molar-refractivity contribution in [3.8, 4) is 0 Å². The lowest BCUT2D eigenvalue weighted by Crippen LogP contribution is -2.19. The Bertz CT molecular complexity index is 518. The highest BCUT2D eigenvalue weighted by atomic mass is 14.9. The molecule has 2 unspecified atom stereocenters. The van der Waals surface area contributed by atoms with Gasteiger partial charge in [0.05, 0.1) is 0 Å². The van der Waals surface area contributed by atoms with Crippen LogP contribution in [0.15, 0.2) is 42.5 Å². The van der Waals surface area contributed by atoms with Gasteiger partial charge in [-0.25, -0.2) is 0 Å². The molecule has 1 N–H and O–H groups in total. The molecule has 1 heteroatoms. The van der Waals surface area contributed by atoms with Gasteiger partial charge in [0.2, 0.25) is 0 Å². The molecule has 0 heterocycles. The summed E-state index contributed by atoms with van der Waals surface area (Å²) < 4.78 is 0. The first-order chi connectivity index (χ1) is 9.24. The number of benzene rings is 2. The zero-order valence-corrected chi connectivity index (χ0v) is 12.3. The summed E-state index contributed by atoms with van der Waals surface area (Å²) in [5.74, 6) is 0.772. The lowest BCUT2D eigenvalue weighted by atomic mass is 9.92. The van der Waals surface area contributed by atoms with Crippen molar-refractivity contribution in [1.29, 1.82) is 0 Å². The molecule has 0 fully saturated rings. The second kappa shape index (κ2) is 6.72. The van der Waals surface area contributed by atoms with E-state index in [1.165, 1.54) is 35.6 Å². The van der Waals surface area contributed by atoms with E-state index in [4.69, 9.17) is 0 Å². The Morgan fingerprint density at radius 2 is 1.79 bits per heavy atom. The van der Waals surface area contributed by atoms with Gasteiger partial charge in [-0.3, -0.25) is 0 Å². The molecule has 0 aliphatic heterocycles. The van der Waals surface area contributed by atoms with Gasteiger partial charge >= 0.3 is 0 Å². The van der Waals surface area contributed by atoms with Crippen LogP contribution in [-0.2, 0) is 0 Å². The van der Waals surface area contributed by atoms with Crippen LogP contribution in [0.1, 0.15) is 44.7 Å². The van der Waals surface area contributed by atoms with Gasteiger partial charge in [-0.05, 0) is 41.8 Å². The zero-order valence-electron chi connectivity index (χ0n) is 12.3. The second-order valence-corrected chi connectivity index (χ2v) is 5.58. The molecule has 0 spiro atoms. The minimum atomic E-state index is 0.464. The third-order valence-corrected chi connectivity index (χ3v) is 3.94. The van der Waals surface area contributed by atoms with Crippen LogP contribution in [0.4, 0.5) is 0 Å². The summed E-state index contributed by atoms with van der Waals surface area (Å²) in [7, 11) is 2.07. The van der Waals surface area contributed by atoms with Crippen molar-refractivity contribution in [2.24, 2.45) is 5.92 Å². The maximum Gasteiger partial charge on any atom is 0.0320 e. The van der Waals surface area contributed by atoms with E-state index in [9.17, 15) is 0 Å². The van der Waals surface area contributed by atoms with E-state index >= 15 is 0 Å². The second-order valence-electron chi connectivity index (χ2n) is 5.58. The predicted octanol–water partition coefficient (Wildman–Crippen LogP) is 4.93. The first kappa shape index (κ1) is 14.1. The average Bonchev–Trinajstić information content (AvgIpc) is 2.44. The van der Waals surface area contributed by atoms with E-state index in [1.807, 2.05) is 0 Å². The Hall–Kier alpha value is -1.34. The Morgan fingerprint density at radius 3 is 2.47 bits per heavy atom. The van der Waals surface area contributed by atoms with E-state index in [2.05, 4.69) is 68.7 Å². The van der Waals surface area contributed by atoms with Gasteiger partial charge in [0.1, 0.15) is 0 Å². The van der Waals surface area contributed by atoms with Crippen molar-refractivity contribution in [2.75, 3.05) is 7.05 Å². The van der Waals surface area contributed by atoms with E-state index in [0.29, 0.717) is 6.04 Å². The van der Waals surface area contributed by atoms with Crippen LogP contribution in [0.3, 0.4) is 0 Å². The van der Waals surface area contributed by atoms with Crippen LogP contribution in [0.25, 0.3) is 10.8 Å². The molecule has 1 nitrogen and oxygen atoms in total. The van der Waals surface area contributed by atoms with E-state index in [-0.39, 0.29) is 0 Å². The molecule has 0 bridgehead atoms. The fourth-order valence-corrected chi connectivity index (χ4v) is 2.86. The molecule has 2 atom stereocenters. The minimum Gasteiger partial charge on any atom is -0.313 e. The quantitative estimate of drug-likeness (QED) is 0.772. The molecule has 19 heavy (non-hydrogen) atoms. The largest absolute Gasteiger partial charge is 0.313 e. The standard InChI is InChI=1S/C18H25N/c1-4-7-14(2)12-18(19-3)17-11-10-15-8-5-6-9-16(15)13-17/h5-6,8-11,13-14,18-19H,4,7,12H2,1-3H3. The molecule has 0 aliphatic carbocycles. The Morgan fingerprint density at radius 1 is 1.05 bits per heavy atom. The SMILES string of the molecule is CCCC(C)CC(NC)c1ccc2ccccc2c1. The lowest BCUT2D eigenvalue weighted by Gasteiger charge is -2.21. The molecule has 0 saturated heterocycles. The van der Waals surface area contributed by atoms with Crippen LogP contribution in [-0.4, -0.2) is 7.05 Å². The maximum absolute atomic E-state index is 3.47. The van der Waals surface area contributed by atoms with Crippen LogP contribution in [0.5, 0.6) is 0 Å². The molecule has 2 aromatic carbocycles. The molecular weight excluding hydrogens is 230 g/mol. The molecule has 0 radical (unpaired) electrons. The van der Waals surface area contributed by atoms with Crippen molar-refractivity contribution >= 4 is 10.8 Å². The highest BCUT2D eigenvalue weighted by Gasteiger charge is 2.13. The Balaban J connectivity index is 2.20. The maximum atomic E-state index is 3.47. The molecule has 0 aliphatic rings. The van der Waals surface area contributed by atoms with E-state index in [1.54, 1.807) is 0 Å². The van der Waals surface area contributed by atoms with Gasteiger partial charge in [0.15, 0.2) is 0 Å². The van der Waals surface area contributed by atoms with Crippen molar-refractivity contribution in [2.45, 2.75) is 39.2 Å². The molecule has 0 saturated carbocycles. The van der Waals surface area contributed by atoms with Gasteiger partial charge in [-0.1, -0.05) is 63.1 Å². The summed E-state index contributed by atoms with van der Waals surface area (Å²) in [6.07, 6.45) is 3.80. The molecule has 2 rings (SSSR count). The van der Waals surface area contributed by atoms with Crippen LogP contribution in [0.2, 0.25) is 0 Å². The monoisotopic (exact) mass is 255 g/mol. The van der Waals surface area contributed by atoms with Crippen molar-refractivity contribution in [3.63, 3.8) is 0 Å². The normalized spacial score (nSPS) is 14.5. The Labute approximate surface area is 117 Å². The summed E-state index contributed by atoms with van der Waals surface area (Å²) in [5, 5.41) is 6.13. The highest BCUT2D eigenvalue weighted by molar-refractivity contribution is 5.83. The van der Waals surface area contributed by atoms with Gasteiger partial charge < -0.3 is 5.32 Å². The summed E-state index contributed by atoms with van der Waals surface area (Å²) in [4.78, 5) is 0. The van der Waals surface area contributed by atoms with Crippen molar-refractivity contribution in [3.05, 3.63) is 48.0 Å². The minimum absolute atomic E-state index is 0.464. The number of nitrogens with one attached hydrogen (secondary N) is 1. The number of fused-ring (bicyclic) bond motifs is 1. The summed E-state index contributed by atoms with van der Waals surface area (Å²) in [6, 6.07) is 15.9. The molecule has 0 aromatic heterocycles. The fraction of sp³-hybridized carbons (Fsp3) is 0.444. The first-order valence-electron chi connectivity index (χ1n) is 7.40. The van der Waals surface area contributed by atoms with E-state index in [0.717, 1.165) is 5.92 Å². The average molecular weight is 255 g/mol.